The van der Waals surface area contributed by atoms with E-state index in [4.69, 9.17) is 0 Å². The van der Waals surface area contributed by atoms with Crippen LogP contribution in [0.15, 0.2) is 27.8 Å². The van der Waals surface area contributed by atoms with Crippen molar-refractivity contribution >= 4 is 41.9 Å². The molecule has 0 aromatic carbocycles. The average Bonchev–Trinajstić information content (AvgIpc) is 2.27. The Balaban J connectivity index is 2.83. The lowest BCUT2D eigenvalue weighted by Gasteiger charge is -2.21. The first kappa shape index (κ1) is 15.1. The van der Waals surface area contributed by atoms with E-state index in [0.29, 0.717) is 11.0 Å². The summed E-state index contributed by atoms with van der Waals surface area (Å²) in [6.07, 6.45) is 2.87. The highest BCUT2D eigenvalue weighted by atomic mass is 79.9. The minimum absolute atomic E-state index is 0.132. The van der Waals surface area contributed by atoms with Crippen molar-refractivity contribution in [3.8, 4) is 0 Å². The Morgan fingerprint density at radius 3 is 2.59 bits per heavy atom. The Labute approximate surface area is 119 Å². The van der Waals surface area contributed by atoms with Crippen molar-refractivity contribution in [2.24, 2.45) is 5.41 Å². The van der Waals surface area contributed by atoms with Crippen molar-refractivity contribution in [1.29, 1.82) is 0 Å². The molecule has 0 bridgehead atoms. The number of pyridine rings is 1. The number of nitrogens with one attached hydrogen (secondary N) is 1. The van der Waals surface area contributed by atoms with E-state index in [9.17, 15) is 8.42 Å². The van der Waals surface area contributed by atoms with Gasteiger partial charge in [0.15, 0.2) is 0 Å². The van der Waals surface area contributed by atoms with E-state index in [1.54, 1.807) is 6.20 Å². The normalized spacial score (nSPS) is 12.7. The highest BCUT2D eigenvalue weighted by molar-refractivity contribution is 9.10. The molecular weight excluding hydrogens is 372 g/mol. The fourth-order valence-electron chi connectivity index (χ4n) is 0.960. The summed E-state index contributed by atoms with van der Waals surface area (Å²) in [7, 11) is -3.49. The van der Waals surface area contributed by atoms with Gasteiger partial charge in [-0.3, -0.25) is 4.98 Å². The standard InChI is InChI=1S/C10H14Br2N2O2S/c1-10(2,6-11)7-14-17(15,16)9-3-8(12)4-13-5-9/h3-5,14H,6-7H2,1-2H3. The van der Waals surface area contributed by atoms with Gasteiger partial charge in [0, 0.05) is 28.7 Å². The van der Waals surface area contributed by atoms with Gasteiger partial charge in [-0.15, -0.1) is 0 Å². The lowest BCUT2D eigenvalue weighted by atomic mass is 9.98. The van der Waals surface area contributed by atoms with Crippen LogP contribution < -0.4 is 4.72 Å². The third-order valence-corrected chi connectivity index (χ3v) is 5.41. The first-order valence-corrected chi connectivity index (χ1v) is 8.33. The highest BCUT2D eigenvalue weighted by Gasteiger charge is 2.21. The van der Waals surface area contributed by atoms with Crippen LogP contribution in [-0.2, 0) is 10.0 Å². The van der Waals surface area contributed by atoms with Gasteiger partial charge >= 0.3 is 0 Å². The molecule has 0 aliphatic carbocycles. The Bertz CT molecular complexity index is 489. The molecule has 1 aromatic rings. The molecule has 1 rings (SSSR count). The van der Waals surface area contributed by atoms with Crippen molar-refractivity contribution in [2.75, 3.05) is 11.9 Å². The Morgan fingerprint density at radius 1 is 1.41 bits per heavy atom. The fourth-order valence-corrected chi connectivity index (χ4v) is 2.90. The van der Waals surface area contributed by atoms with E-state index in [2.05, 4.69) is 41.6 Å². The molecule has 0 unspecified atom stereocenters. The number of sulfonamides is 1. The molecular formula is C10H14Br2N2O2S. The maximum atomic E-state index is 12.0. The third-order valence-electron chi connectivity index (χ3n) is 2.09. The van der Waals surface area contributed by atoms with Gasteiger partial charge in [-0.2, -0.15) is 0 Å². The van der Waals surface area contributed by atoms with Gasteiger partial charge in [-0.1, -0.05) is 29.8 Å². The van der Waals surface area contributed by atoms with Crippen LogP contribution in [0.4, 0.5) is 0 Å². The predicted molar refractivity (Wildman–Crippen MR) is 74.7 cm³/mol. The van der Waals surface area contributed by atoms with Crippen LogP contribution in [0.5, 0.6) is 0 Å². The molecule has 0 saturated heterocycles. The number of rotatable bonds is 5. The molecule has 4 nitrogen and oxygen atoms in total. The molecule has 1 N–H and O–H groups in total. The van der Waals surface area contributed by atoms with Crippen molar-refractivity contribution in [2.45, 2.75) is 18.7 Å². The van der Waals surface area contributed by atoms with E-state index in [1.165, 1.54) is 12.3 Å². The SMILES string of the molecule is CC(C)(CBr)CNS(=O)(=O)c1cncc(Br)c1. The Hall–Kier alpha value is 0.0200. The lowest BCUT2D eigenvalue weighted by molar-refractivity contribution is 0.420. The molecule has 0 radical (unpaired) electrons. The van der Waals surface area contributed by atoms with Crippen molar-refractivity contribution in [3.63, 3.8) is 0 Å². The number of aromatic nitrogens is 1. The van der Waals surface area contributed by atoms with Gasteiger partial charge in [-0.05, 0) is 27.4 Å². The summed E-state index contributed by atoms with van der Waals surface area (Å²) in [5, 5.41) is 0.721. The number of hydrogen-bond acceptors (Lipinski definition) is 3. The summed E-state index contributed by atoms with van der Waals surface area (Å²) in [5.74, 6) is 0. The fraction of sp³-hybridized carbons (Fsp3) is 0.500. The summed E-state index contributed by atoms with van der Waals surface area (Å²) in [6.45, 7) is 4.32. The van der Waals surface area contributed by atoms with E-state index >= 15 is 0 Å². The summed E-state index contributed by atoms with van der Waals surface area (Å²) < 4.78 is 27.1. The average molecular weight is 386 g/mol. The van der Waals surface area contributed by atoms with Crippen LogP contribution in [0.1, 0.15) is 13.8 Å². The minimum atomic E-state index is -3.49. The smallest absolute Gasteiger partial charge is 0.242 e. The van der Waals surface area contributed by atoms with Gasteiger partial charge in [-0.25, -0.2) is 13.1 Å². The van der Waals surface area contributed by atoms with E-state index in [1.807, 2.05) is 13.8 Å². The zero-order valence-corrected chi connectivity index (χ0v) is 13.6. The largest absolute Gasteiger partial charge is 0.262 e. The summed E-state index contributed by atoms with van der Waals surface area (Å²) in [6, 6.07) is 1.52. The number of halogens is 2. The van der Waals surface area contributed by atoms with Crippen LogP contribution in [0, 0.1) is 5.41 Å². The Morgan fingerprint density at radius 2 is 2.06 bits per heavy atom. The summed E-state index contributed by atoms with van der Waals surface area (Å²) in [5.41, 5.74) is -0.132. The predicted octanol–water partition coefficient (Wildman–Crippen LogP) is 2.54. The number of hydrogen-bond donors (Lipinski definition) is 1. The summed E-state index contributed by atoms with van der Waals surface area (Å²) in [4.78, 5) is 4.00. The quantitative estimate of drug-likeness (QED) is 0.792. The van der Waals surface area contributed by atoms with Gasteiger partial charge in [0.1, 0.15) is 4.90 Å². The molecule has 0 aliphatic heterocycles. The second-order valence-electron chi connectivity index (χ2n) is 4.46. The van der Waals surface area contributed by atoms with Gasteiger partial charge in [0.05, 0.1) is 0 Å². The van der Waals surface area contributed by atoms with Crippen molar-refractivity contribution in [3.05, 3.63) is 22.9 Å². The third kappa shape index (κ3) is 4.65. The van der Waals surface area contributed by atoms with Crippen LogP contribution in [0.3, 0.4) is 0 Å². The molecule has 17 heavy (non-hydrogen) atoms. The molecule has 7 heteroatoms. The molecule has 1 heterocycles. The van der Waals surface area contributed by atoms with Crippen LogP contribution >= 0.6 is 31.9 Å². The molecule has 96 valence electrons. The highest BCUT2D eigenvalue weighted by Crippen LogP contribution is 2.19. The molecule has 0 saturated carbocycles. The lowest BCUT2D eigenvalue weighted by Crippen LogP contribution is -2.34. The maximum absolute atomic E-state index is 12.0. The first-order valence-electron chi connectivity index (χ1n) is 4.93. The minimum Gasteiger partial charge on any atom is -0.262 e. The van der Waals surface area contributed by atoms with Gasteiger partial charge in [0.2, 0.25) is 10.0 Å². The molecule has 1 aromatic heterocycles. The van der Waals surface area contributed by atoms with Crippen LogP contribution in [0.2, 0.25) is 0 Å². The zero-order valence-electron chi connectivity index (χ0n) is 9.57. The monoisotopic (exact) mass is 384 g/mol. The van der Waals surface area contributed by atoms with Crippen molar-refractivity contribution < 1.29 is 8.42 Å². The molecule has 0 spiro atoms. The second kappa shape index (κ2) is 5.77. The molecule has 0 atom stereocenters. The second-order valence-corrected chi connectivity index (χ2v) is 7.70. The first-order chi connectivity index (χ1) is 7.77. The molecule has 0 fully saturated rings. The van der Waals surface area contributed by atoms with Crippen LogP contribution in [0.25, 0.3) is 0 Å². The zero-order chi connectivity index (χ0) is 13.1. The van der Waals surface area contributed by atoms with Crippen molar-refractivity contribution in [1.82, 2.24) is 9.71 Å². The van der Waals surface area contributed by atoms with E-state index < -0.39 is 10.0 Å². The number of alkyl halides is 1. The van der Waals surface area contributed by atoms with Gasteiger partial charge < -0.3 is 0 Å². The Kier molecular flexibility index (Phi) is 5.12. The number of nitrogens with zero attached hydrogens (tertiary/aromatic N) is 1. The molecule has 0 amide bonds. The summed E-state index contributed by atoms with van der Waals surface area (Å²) >= 11 is 6.55. The topological polar surface area (TPSA) is 59.1 Å². The van der Waals surface area contributed by atoms with E-state index in [-0.39, 0.29) is 10.3 Å². The van der Waals surface area contributed by atoms with Gasteiger partial charge in [0.25, 0.3) is 0 Å². The van der Waals surface area contributed by atoms with Crippen LogP contribution in [-0.4, -0.2) is 25.3 Å². The maximum Gasteiger partial charge on any atom is 0.242 e. The molecule has 0 aliphatic rings. The van der Waals surface area contributed by atoms with E-state index in [0.717, 1.165) is 5.33 Å².